The molecule has 1 nitrogen and oxygen atoms in total. The molecule has 1 aromatic heterocycles. The lowest BCUT2D eigenvalue weighted by molar-refractivity contribution is 0.585. The third-order valence-electron chi connectivity index (χ3n) is 2.69. The lowest BCUT2D eigenvalue weighted by atomic mass is 10.2. The molecule has 0 aliphatic rings. The molecule has 0 amide bonds. The van der Waals surface area contributed by atoms with Crippen molar-refractivity contribution >= 4 is 23.1 Å². The maximum absolute atomic E-state index is 3.63. The molecule has 0 bridgehead atoms. The van der Waals surface area contributed by atoms with Gasteiger partial charge in [0.25, 0.3) is 0 Å². The van der Waals surface area contributed by atoms with E-state index in [0.29, 0.717) is 6.04 Å². The van der Waals surface area contributed by atoms with E-state index in [9.17, 15) is 0 Å². The maximum atomic E-state index is 3.63. The second kappa shape index (κ2) is 7.62. The summed E-state index contributed by atoms with van der Waals surface area (Å²) in [5.41, 5.74) is 0. The van der Waals surface area contributed by atoms with E-state index in [1.807, 2.05) is 23.1 Å². The van der Waals surface area contributed by atoms with Gasteiger partial charge in [-0.25, -0.2) is 0 Å². The quantitative estimate of drug-likeness (QED) is 0.743. The summed E-state index contributed by atoms with van der Waals surface area (Å²) in [5, 5.41) is 5.79. The van der Waals surface area contributed by atoms with Crippen LogP contribution in [0.2, 0.25) is 0 Å². The van der Waals surface area contributed by atoms with Crippen LogP contribution >= 0.6 is 23.1 Å². The minimum atomic E-state index is 0.468. The van der Waals surface area contributed by atoms with Crippen LogP contribution in [-0.4, -0.2) is 12.3 Å². The Morgan fingerprint density at radius 2 is 2.00 bits per heavy atom. The van der Waals surface area contributed by atoms with Crippen LogP contribution in [-0.2, 0) is 0 Å². The topological polar surface area (TPSA) is 12.0 Å². The Kier molecular flexibility index (Phi) is 5.78. The Balaban J connectivity index is 1.93. The van der Waals surface area contributed by atoms with Gasteiger partial charge in [0.1, 0.15) is 0 Å². The van der Waals surface area contributed by atoms with E-state index in [-0.39, 0.29) is 0 Å². The number of thiophene rings is 1. The van der Waals surface area contributed by atoms with Crippen LogP contribution in [0.15, 0.2) is 52.7 Å². The standard InChI is InChI=1S/C15H19NS2/c1-2-10-16-14(15-9-6-11-17-15)12-18-13-7-4-3-5-8-13/h3-9,11,14,16H,2,10,12H2,1H3. The summed E-state index contributed by atoms with van der Waals surface area (Å²) in [5.74, 6) is 1.09. The molecule has 1 atom stereocenters. The molecule has 0 fully saturated rings. The summed E-state index contributed by atoms with van der Waals surface area (Å²) < 4.78 is 0. The van der Waals surface area contributed by atoms with Gasteiger partial charge >= 0.3 is 0 Å². The molecule has 1 unspecified atom stereocenters. The van der Waals surface area contributed by atoms with Crippen molar-refractivity contribution in [3.63, 3.8) is 0 Å². The molecular formula is C15H19NS2. The molecule has 1 aromatic carbocycles. The van der Waals surface area contributed by atoms with Crippen LogP contribution in [0.5, 0.6) is 0 Å². The molecule has 0 saturated heterocycles. The van der Waals surface area contributed by atoms with Gasteiger partial charge in [-0.1, -0.05) is 31.2 Å². The van der Waals surface area contributed by atoms with Crippen LogP contribution in [0.1, 0.15) is 24.3 Å². The first kappa shape index (κ1) is 13.7. The van der Waals surface area contributed by atoms with E-state index >= 15 is 0 Å². The number of nitrogens with one attached hydrogen (secondary N) is 1. The Morgan fingerprint density at radius 3 is 2.67 bits per heavy atom. The highest BCUT2D eigenvalue weighted by molar-refractivity contribution is 7.99. The summed E-state index contributed by atoms with van der Waals surface area (Å²) in [6.45, 7) is 3.29. The van der Waals surface area contributed by atoms with Gasteiger partial charge in [0, 0.05) is 15.5 Å². The summed E-state index contributed by atoms with van der Waals surface area (Å²) in [6, 6.07) is 15.4. The monoisotopic (exact) mass is 277 g/mol. The average molecular weight is 277 g/mol. The fraction of sp³-hybridized carbons (Fsp3) is 0.333. The lowest BCUT2D eigenvalue weighted by Crippen LogP contribution is -2.23. The second-order valence-corrected chi connectivity index (χ2v) is 6.22. The first-order valence-corrected chi connectivity index (χ1v) is 8.21. The molecule has 0 aliphatic heterocycles. The van der Waals surface area contributed by atoms with Crippen molar-refractivity contribution in [2.75, 3.05) is 12.3 Å². The second-order valence-electron chi connectivity index (χ2n) is 4.15. The lowest BCUT2D eigenvalue weighted by Gasteiger charge is -2.16. The van der Waals surface area contributed by atoms with Crippen molar-refractivity contribution in [1.82, 2.24) is 5.32 Å². The van der Waals surface area contributed by atoms with Gasteiger partial charge in [-0.05, 0) is 36.5 Å². The smallest absolute Gasteiger partial charge is 0.0510 e. The highest BCUT2D eigenvalue weighted by Gasteiger charge is 2.11. The minimum Gasteiger partial charge on any atom is -0.309 e. The summed E-state index contributed by atoms with van der Waals surface area (Å²) in [4.78, 5) is 2.78. The van der Waals surface area contributed by atoms with Crippen molar-refractivity contribution in [2.45, 2.75) is 24.3 Å². The van der Waals surface area contributed by atoms with E-state index < -0.39 is 0 Å². The average Bonchev–Trinajstić information content (AvgIpc) is 2.94. The molecule has 1 N–H and O–H groups in total. The van der Waals surface area contributed by atoms with Crippen molar-refractivity contribution < 1.29 is 0 Å². The predicted molar refractivity (Wildman–Crippen MR) is 82.5 cm³/mol. The number of benzene rings is 1. The van der Waals surface area contributed by atoms with Gasteiger partial charge in [-0.2, -0.15) is 0 Å². The Bertz CT molecular complexity index is 425. The highest BCUT2D eigenvalue weighted by Crippen LogP contribution is 2.27. The van der Waals surface area contributed by atoms with Gasteiger partial charge in [0.05, 0.1) is 6.04 Å². The van der Waals surface area contributed by atoms with Gasteiger partial charge in [-0.3, -0.25) is 0 Å². The molecule has 0 saturated carbocycles. The summed E-state index contributed by atoms with van der Waals surface area (Å²) in [7, 11) is 0. The zero-order chi connectivity index (χ0) is 12.6. The number of rotatable bonds is 7. The Morgan fingerprint density at radius 1 is 1.17 bits per heavy atom. The molecule has 1 heterocycles. The van der Waals surface area contributed by atoms with Crippen LogP contribution in [0.4, 0.5) is 0 Å². The van der Waals surface area contributed by atoms with Crippen LogP contribution < -0.4 is 5.32 Å². The third-order valence-corrected chi connectivity index (χ3v) is 4.78. The normalized spacial score (nSPS) is 12.5. The zero-order valence-corrected chi connectivity index (χ0v) is 12.3. The molecule has 2 aromatic rings. The van der Waals surface area contributed by atoms with Crippen LogP contribution in [0, 0.1) is 0 Å². The Hall–Kier alpha value is -0.770. The number of hydrogen-bond donors (Lipinski definition) is 1. The highest BCUT2D eigenvalue weighted by atomic mass is 32.2. The fourth-order valence-corrected chi connectivity index (χ4v) is 3.66. The van der Waals surface area contributed by atoms with Crippen molar-refractivity contribution in [2.24, 2.45) is 0 Å². The summed E-state index contributed by atoms with van der Waals surface area (Å²) >= 11 is 3.76. The molecule has 3 heteroatoms. The van der Waals surface area contributed by atoms with Gasteiger partial charge in [0.15, 0.2) is 0 Å². The summed E-state index contributed by atoms with van der Waals surface area (Å²) in [6.07, 6.45) is 1.18. The van der Waals surface area contributed by atoms with E-state index in [0.717, 1.165) is 12.3 Å². The fourth-order valence-electron chi connectivity index (χ4n) is 1.75. The van der Waals surface area contributed by atoms with E-state index in [1.54, 1.807) is 0 Å². The van der Waals surface area contributed by atoms with Crippen LogP contribution in [0.25, 0.3) is 0 Å². The molecule has 0 spiro atoms. The number of hydrogen-bond acceptors (Lipinski definition) is 3. The maximum Gasteiger partial charge on any atom is 0.0510 e. The molecule has 0 aliphatic carbocycles. The minimum absolute atomic E-state index is 0.468. The van der Waals surface area contributed by atoms with Crippen molar-refractivity contribution in [1.29, 1.82) is 0 Å². The van der Waals surface area contributed by atoms with E-state index in [1.165, 1.54) is 16.2 Å². The van der Waals surface area contributed by atoms with Gasteiger partial charge in [0.2, 0.25) is 0 Å². The number of thioether (sulfide) groups is 1. The van der Waals surface area contributed by atoms with Crippen LogP contribution in [0.3, 0.4) is 0 Å². The first-order valence-electron chi connectivity index (χ1n) is 6.34. The molecule has 2 rings (SSSR count). The van der Waals surface area contributed by atoms with Gasteiger partial charge in [-0.15, -0.1) is 23.1 Å². The van der Waals surface area contributed by atoms with E-state index in [4.69, 9.17) is 0 Å². The first-order chi connectivity index (χ1) is 8.90. The molecule has 96 valence electrons. The molecule has 18 heavy (non-hydrogen) atoms. The van der Waals surface area contributed by atoms with Crippen molar-refractivity contribution in [3.05, 3.63) is 52.7 Å². The zero-order valence-electron chi connectivity index (χ0n) is 10.6. The SMILES string of the molecule is CCCNC(CSc1ccccc1)c1cccs1. The van der Waals surface area contributed by atoms with Gasteiger partial charge < -0.3 is 5.32 Å². The van der Waals surface area contributed by atoms with Crippen molar-refractivity contribution in [3.8, 4) is 0 Å². The van der Waals surface area contributed by atoms with E-state index in [2.05, 4.69) is 60.1 Å². The third kappa shape index (κ3) is 4.16. The largest absolute Gasteiger partial charge is 0.309 e. The molecule has 0 radical (unpaired) electrons. The molecular weight excluding hydrogens is 258 g/mol. The predicted octanol–water partition coefficient (Wildman–Crippen LogP) is 4.58. The Labute approximate surface area is 118 Å².